The van der Waals surface area contributed by atoms with Crippen molar-refractivity contribution in [1.29, 1.82) is 0 Å². The number of carbonyl (C=O) groups excluding carboxylic acids is 1. The van der Waals surface area contributed by atoms with Crippen LogP contribution in [0, 0.1) is 17.5 Å². The van der Waals surface area contributed by atoms with Crippen molar-refractivity contribution in [3.8, 4) is 0 Å². The molecule has 3 aromatic rings. The number of amides is 1. The number of benzene rings is 2. The summed E-state index contributed by atoms with van der Waals surface area (Å²) >= 11 is 0. The number of hydrogen-bond acceptors (Lipinski definition) is 6. The molecule has 0 bridgehead atoms. The van der Waals surface area contributed by atoms with E-state index < -0.39 is 35.3 Å². The number of rotatable bonds is 15. The first-order chi connectivity index (χ1) is 21.3. The summed E-state index contributed by atoms with van der Waals surface area (Å²) in [5, 5.41) is 12.4. The monoisotopic (exact) mass is 613 g/mol. The van der Waals surface area contributed by atoms with Crippen LogP contribution >= 0.6 is 0 Å². The summed E-state index contributed by atoms with van der Waals surface area (Å²) < 4.78 is 61.2. The number of nitrogens with zero attached hydrogens (tertiary/aromatic N) is 1. The molecule has 1 aromatic heterocycles. The molecule has 1 fully saturated rings. The van der Waals surface area contributed by atoms with Gasteiger partial charge in [-0.15, -0.1) is 0 Å². The summed E-state index contributed by atoms with van der Waals surface area (Å²) in [6, 6.07) is 10.6. The van der Waals surface area contributed by atoms with Crippen molar-refractivity contribution in [2.45, 2.75) is 43.4 Å². The van der Waals surface area contributed by atoms with E-state index in [0.29, 0.717) is 49.3 Å². The number of pyridine rings is 1. The van der Waals surface area contributed by atoms with Crippen molar-refractivity contribution in [2.75, 3.05) is 45.2 Å². The van der Waals surface area contributed by atoms with E-state index in [1.807, 2.05) is 0 Å². The average molecular weight is 614 g/mol. The first-order valence-electron chi connectivity index (χ1n) is 14.7. The Kier molecular flexibility index (Phi) is 12.4. The first-order valence-corrected chi connectivity index (χ1v) is 14.7. The van der Waals surface area contributed by atoms with Gasteiger partial charge in [0.25, 0.3) is 0 Å². The molecule has 4 N–H and O–H groups in total. The van der Waals surface area contributed by atoms with Crippen LogP contribution in [-0.4, -0.2) is 69.0 Å². The molecule has 0 spiro atoms. The summed E-state index contributed by atoms with van der Waals surface area (Å²) in [6.45, 7) is 6.27. The van der Waals surface area contributed by atoms with E-state index in [1.54, 1.807) is 31.3 Å². The van der Waals surface area contributed by atoms with Crippen LogP contribution in [0.4, 0.5) is 23.2 Å². The highest BCUT2D eigenvalue weighted by Gasteiger charge is 2.31. The predicted octanol–water partition coefficient (Wildman–Crippen LogP) is 4.65. The van der Waals surface area contributed by atoms with Gasteiger partial charge in [0.1, 0.15) is 17.5 Å². The quantitative estimate of drug-likeness (QED) is 0.113. The minimum absolute atomic E-state index is 0.0870. The molecular weight excluding hydrogens is 574 g/mol. The fourth-order valence-electron chi connectivity index (χ4n) is 5.36. The number of anilines is 1. The van der Waals surface area contributed by atoms with Crippen molar-refractivity contribution in [3.05, 3.63) is 107 Å². The molecule has 1 saturated heterocycles. The zero-order chi connectivity index (χ0) is 31.5. The largest absolute Gasteiger partial charge is 0.368 e. The Bertz CT molecular complexity index is 1330. The Morgan fingerprint density at radius 1 is 1.02 bits per heavy atom. The number of ether oxygens (including phenoxy) is 1. The number of carbonyl (C=O) groups is 1. The van der Waals surface area contributed by atoms with E-state index in [1.165, 1.54) is 30.5 Å². The SMILES string of the molecule is C=C(Cc1c(F)cncc1NC(=O)C(NC)C(c1ccc(F)cc1)c1ccc(F)cc1)C1CNCC(CCNCCCF)O1. The van der Waals surface area contributed by atoms with Crippen LogP contribution in [0.2, 0.25) is 0 Å². The average Bonchev–Trinajstić information content (AvgIpc) is 3.02. The van der Waals surface area contributed by atoms with Crippen LogP contribution in [0.1, 0.15) is 35.4 Å². The lowest BCUT2D eigenvalue weighted by molar-refractivity contribution is -0.118. The Balaban J connectivity index is 1.49. The Morgan fingerprint density at radius 2 is 1.68 bits per heavy atom. The van der Waals surface area contributed by atoms with E-state index in [2.05, 4.69) is 32.8 Å². The van der Waals surface area contributed by atoms with Crippen molar-refractivity contribution in [3.63, 3.8) is 0 Å². The molecule has 1 amide bonds. The third-order valence-corrected chi connectivity index (χ3v) is 7.70. The number of nitrogens with one attached hydrogen (secondary N) is 4. The molecule has 2 heterocycles. The summed E-state index contributed by atoms with van der Waals surface area (Å²) in [4.78, 5) is 17.7. The van der Waals surface area contributed by atoms with Gasteiger partial charge in [-0.25, -0.2) is 13.2 Å². The lowest BCUT2D eigenvalue weighted by Crippen LogP contribution is -2.46. The molecule has 0 radical (unpaired) electrons. The minimum atomic E-state index is -0.893. The van der Waals surface area contributed by atoms with Crippen LogP contribution in [-0.2, 0) is 16.0 Å². The van der Waals surface area contributed by atoms with Gasteiger partial charge in [0, 0.05) is 31.0 Å². The number of aromatic nitrogens is 1. The van der Waals surface area contributed by atoms with Gasteiger partial charge in [-0.2, -0.15) is 0 Å². The summed E-state index contributed by atoms with van der Waals surface area (Å²) in [5.41, 5.74) is 2.30. The second-order valence-corrected chi connectivity index (χ2v) is 10.8. The zero-order valence-corrected chi connectivity index (χ0v) is 24.7. The number of alkyl halides is 1. The van der Waals surface area contributed by atoms with Crippen molar-refractivity contribution in [1.82, 2.24) is 20.9 Å². The normalized spacial score (nSPS) is 17.4. The van der Waals surface area contributed by atoms with E-state index in [0.717, 1.165) is 12.6 Å². The second kappa shape index (κ2) is 16.4. The number of morpholine rings is 1. The molecule has 3 atom stereocenters. The van der Waals surface area contributed by atoms with Gasteiger partial charge >= 0.3 is 0 Å². The molecule has 7 nitrogen and oxygen atoms in total. The summed E-state index contributed by atoms with van der Waals surface area (Å²) in [7, 11) is 1.61. The maximum atomic E-state index is 15.2. The first kappa shape index (κ1) is 33.3. The Labute approximate surface area is 255 Å². The van der Waals surface area contributed by atoms with Crippen LogP contribution in [0.5, 0.6) is 0 Å². The molecule has 11 heteroatoms. The fraction of sp³-hybridized carbons (Fsp3) is 0.394. The van der Waals surface area contributed by atoms with Crippen LogP contribution in [0.3, 0.4) is 0 Å². The maximum absolute atomic E-state index is 15.2. The fourth-order valence-corrected chi connectivity index (χ4v) is 5.36. The smallest absolute Gasteiger partial charge is 0.242 e. The van der Waals surface area contributed by atoms with E-state index in [-0.39, 0.29) is 36.6 Å². The molecule has 236 valence electrons. The number of likely N-dealkylation sites (N-methyl/N-ethyl adjacent to an activating group) is 1. The van der Waals surface area contributed by atoms with Gasteiger partial charge in [0.15, 0.2) is 0 Å². The van der Waals surface area contributed by atoms with E-state index >= 15 is 4.39 Å². The highest BCUT2D eigenvalue weighted by Crippen LogP contribution is 2.31. The predicted molar refractivity (Wildman–Crippen MR) is 163 cm³/mol. The molecule has 4 rings (SSSR count). The summed E-state index contributed by atoms with van der Waals surface area (Å²) in [5.74, 6) is -2.56. The van der Waals surface area contributed by atoms with Gasteiger partial charge in [-0.3, -0.25) is 14.2 Å². The van der Waals surface area contributed by atoms with Gasteiger partial charge in [-0.05, 0) is 73.9 Å². The Morgan fingerprint density at radius 3 is 2.30 bits per heavy atom. The van der Waals surface area contributed by atoms with E-state index in [4.69, 9.17) is 4.74 Å². The van der Waals surface area contributed by atoms with Crippen molar-refractivity contribution >= 4 is 11.6 Å². The highest BCUT2D eigenvalue weighted by atomic mass is 19.1. The van der Waals surface area contributed by atoms with Crippen LogP contribution in [0.15, 0.2) is 73.1 Å². The number of hydrogen-bond donors (Lipinski definition) is 4. The molecular formula is C33H39F4N5O2. The van der Waals surface area contributed by atoms with Crippen LogP contribution < -0.4 is 21.3 Å². The molecule has 1 aliphatic rings. The van der Waals surface area contributed by atoms with Crippen LogP contribution in [0.25, 0.3) is 0 Å². The molecule has 44 heavy (non-hydrogen) atoms. The topological polar surface area (TPSA) is 87.3 Å². The third-order valence-electron chi connectivity index (χ3n) is 7.70. The third kappa shape index (κ3) is 8.95. The molecule has 3 unspecified atom stereocenters. The van der Waals surface area contributed by atoms with Crippen molar-refractivity contribution in [2.24, 2.45) is 0 Å². The van der Waals surface area contributed by atoms with Gasteiger partial charge in [0.05, 0.1) is 43.0 Å². The lowest BCUT2D eigenvalue weighted by Gasteiger charge is -2.32. The van der Waals surface area contributed by atoms with Crippen molar-refractivity contribution < 1.29 is 27.1 Å². The Hall–Kier alpha value is -3.64. The standard InChI is InChI=1S/C33H39F4N5O2/c1-21(30-20-40-17-26(44-30)12-15-39-14-3-13-34)16-27-28(37)18-41-19-29(27)42-33(43)32(38-2)31(22-4-8-24(35)9-5-22)23-6-10-25(36)11-7-23/h4-11,18-19,26,30-32,38-40H,1,3,12-17,20H2,2H3,(H,42,43). The molecule has 0 saturated carbocycles. The molecule has 0 aliphatic carbocycles. The summed E-state index contributed by atoms with van der Waals surface area (Å²) in [6.07, 6.45) is 3.29. The zero-order valence-electron chi connectivity index (χ0n) is 24.7. The van der Waals surface area contributed by atoms with Gasteiger partial charge in [0.2, 0.25) is 5.91 Å². The number of halogens is 4. The van der Waals surface area contributed by atoms with Gasteiger partial charge < -0.3 is 26.0 Å². The molecule has 1 aliphatic heterocycles. The maximum Gasteiger partial charge on any atom is 0.242 e. The van der Waals surface area contributed by atoms with Gasteiger partial charge in [-0.1, -0.05) is 30.8 Å². The molecule has 2 aromatic carbocycles. The second-order valence-electron chi connectivity index (χ2n) is 10.8. The minimum Gasteiger partial charge on any atom is -0.368 e. The van der Waals surface area contributed by atoms with E-state index in [9.17, 15) is 18.0 Å². The lowest BCUT2D eigenvalue weighted by atomic mass is 9.84. The highest BCUT2D eigenvalue weighted by molar-refractivity contribution is 5.96.